The van der Waals surface area contributed by atoms with E-state index < -0.39 is 12.1 Å². The summed E-state index contributed by atoms with van der Waals surface area (Å²) in [6.07, 6.45) is -1.89. The van der Waals surface area contributed by atoms with E-state index in [1.807, 2.05) is 0 Å². The van der Waals surface area contributed by atoms with Crippen LogP contribution in [0.1, 0.15) is 18.6 Å². The van der Waals surface area contributed by atoms with E-state index in [-0.39, 0.29) is 25.5 Å². The minimum Gasteiger partial charge on any atom is -0.467 e. The van der Waals surface area contributed by atoms with Gasteiger partial charge in [0.2, 0.25) is 0 Å². The minimum atomic E-state index is -4.13. The lowest BCUT2D eigenvalue weighted by Gasteiger charge is -2.33. The number of likely N-dealkylation sites (tertiary alicyclic amines) is 1. The third-order valence-corrected chi connectivity index (χ3v) is 3.69. The highest BCUT2D eigenvalue weighted by Crippen LogP contribution is 2.32. The number of furan rings is 1. The molecule has 2 amide bonds. The van der Waals surface area contributed by atoms with E-state index >= 15 is 0 Å². The number of alkyl halides is 3. The van der Waals surface area contributed by atoms with E-state index in [1.165, 1.54) is 6.26 Å². The number of nitrogens with zero attached hydrogens (tertiary/aromatic N) is 1. The van der Waals surface area contributed by atoms with Gasteiger partial charge in [0.25, 0.3) is 0 Å². The van der Waals surface area contributed by atoms with Crippen molar-refractivity contribution in [3.63, 3.8) is 0 Å². The summed E-state index contributed by atoms with van der Waals surface area (Å²) in [5.74, 6) is -0.617. The molecule has 22 heavy (non-hydrogen) atoms. The Bertz CT molecular complexity index is 462. The van der Waals surface area contributed by atoms with Crippen molar-refractivity contribution >= 4 is 6.03 Å². The highest BCUT2D eigenvalue weighted by atomic mass is 19.4. The van der Waals surface area contributed by atoms with Crippen LogP contribution in [0.4, 0.5) is 18.0 Å². The fourth-order valence-corrected chi connectivity index (χ4v) is 2.50. The molecule has 1 atom stereocenters. The lowest BCUT2D eigenvalue weighted by molar-refractivity contribution is -0.186. The zero-order chi connectivity index (χ0) is 16.0. The summed E-state index contributed by atoms with van der Waals surface area (Å²) in [5.41, 5.74) is 0. The molecule has 0 spiro atoms. The first-order valence-electron chi connectivity index (χ1n) is 7.28. The zero-order valence-corrected chi connectivity index (χ0v) is 12.2. The fourth-order valence-electron chi connectivity index (χ4n) is 2.50. The molecule has 1 aromatic rings. The largest absolute Gasteiger partial charge is 0.467 e. The molecule has 0 aromatic carbocycles. The number of piperidine rings is 1. The number of amides is 2. The monoisotopic (exact) mass is 319 g/mol. The highest BCUT2D eigenvalue weighted by molar-refractivity contribution is 5.73. The van der Waals surface area contributed by atoms with Crippen molar-refractivity contribution in [3.05, 3.63) is 24.2 Å². The van der Waals surface area contributed by atoms with Gasteiger partial charge in [-0.1, -0.05) is 0 Å². The molecule has 0 bridgehead atoms. The van der Waals surface area contributed by atoms with Gasteiger partial charge in [-0.05, 0) is 31.5 Å². The van der Waals surface area contributed by atoms with E-state index in [2.05, 4.69) is 10.6 Å². The molecule has 5 nitrogen and oxygen atoms in total. The van der Waals surface area contributed by atoms with Gasteiger partial charge < -0.3 is 20.0 Å². The molecule has 2 N–H and O–H groups in total. The lowest BCUT2D eigenvalue weighted by Crippen LogP contribution is -2.45. The van der Waals surface area contributed by atoms with Crippen LogP contribution in [0.15, 0.2) is 22.8 Å². The fraction of sp³-hybridized carbons (Fsp3) is 0.643. The molecule has 2 heterocycles. The van der Waals surface area contributed by atoms with Crippen LogP contribution in [0.3, 0.4) is 0 Å². The smallest absolute Gasteiger partial charge is 0.393 e. The number of carbonyl (C=O) groups excluding carboxylic acids is 1. The molecule has 1 aliphatic heterocycles. The second-order valence-electron chi connectivity index (χ2n) is 5.37. The Balaban J connectivity index is 1.62. The Morgan fingerprint density at radius 3 is 2.91 bits per heavy atom. The van der Waals surface area contributed by atoms with Crippen LogP contribution in [0, 0.1) is 5.92 Å². The van der Waals surface area contributed by atoms with Crippen LogP contribution in [0.25, 0.3) is 0 Å². The Morgan fingerprint density at radius 1 is 1.41 bits per heavy atom. The second-order valence-corrected chi connectivity index (χ2v) is 5.37. The maximum Gasteiger partial charge on any atom is 0.393 e. The number of hydrogen-bond donors (Lipinski definition) is 2. The maximum atomic E-state index is 12.7. The Kier molecular flexibility index (Phi) is 5.70. The van der Waals surface area contributed by atoms with Gasteiger partial charge >= 0.3 is 12.2 Å². The van der Waals surface area contributed by atoms with Crippen LogP contribution in [0.2, 0.25) is 0 Å². The summed E-state index contributed by atoms with van der Waals surface area (Å²) in [7, 11) is 0. The van der Waals surface area contributed by atoms with E-state index in [1.54, 1.807) is 17.0 Å². The Hall–Kier alpha value is -1.70. The predicted octanol–water partition coefficient (Wildman–Crippen LogP) is 2.35. The van der Waals surface area contributed by atoms with Crippen LogP contribution in [0.5, 0.6) is 0 Å². The van der Waals surface area contributed by atoms with Crippen LogP contribution < -0.4 is 10.6 Å². The molecule has 0 saturated carbocycles. The van der Waals surface area contributed by atoms with Crippen molar-refractivity contribution in [2.24, 2.45) is 5.92 Å². The molecule has 124 valence electrons. The molecule has 8 heteroatoms. The van der Waals surface area contributed by atoms with Crippen molar-refractivity contribution < 1.29 is 22.4 Å². The zero-order valence-electron chi connectivity index (χ0n) is 12.2. The number of nitrogens with one attached hydrogen (secondary N) is 2. The third kappa shape index (κ3) is 5.25. The average molecular weight is 319 g/mol. The summed E-state index contributed by atoms with van der Waals surface area (Å²) in [6, 6.07) is 3.11. The number of carbonyl (C=O) groups is 1. The predicted molar refractivity (Wildman–Crippen MR) is 74.2 cm³/mol. The molecule has 0 radical (unpaired) electrons. The van der Waals surface area contributed by atoms with Gasteiger partial charge in [0.15, 0.2) is 0 Å². The molecule has 2 rings (SSSR count). The van der Waals surface area contributed by atoms with Gasteiger partial charge in [0, 0.05) is 19.6 Å². The van der Waals surface area contributed by atoms with Gasteiger partial charge in [-0.3, -0.25) is 0 Å². The van der Waals surface area contributed by atoms with Crippen molar-refractivity contribution in [2.45, 2.75) is 25.6 Å². The third-order valence-electron chi connectivity index (χ3n) is 3.69. The topological polar surface area (TPSA) is 57.5 Å². The minimum absolute atomic E-state index is 0.0131. The molecular formula is C14H20F3N3O2. The number of urea groups is 1. The van der Waals surface area contributed by atoms with Crippen molar-refractivity contribution in [1.29, 1.82) is 0 Å². The van der Waals surface area contributed by atoms with Crippen molar-refractivity contribution in [2.75, 3.05) is 26.2 Å². The van der Waals surface area contributed by atoms with E-state index in [9.17, 15) is 18.0 Å². The van der Waals surface area contributed by atoms with Gasteiger partial charge in [-0.2, -0.15) is 13.2 Å². The number of hydrogen-bond acceptors (Lipinski definition) is 3. The van der Waals surface area contributed by atoms with E-state index in [0.717, 1.165) is 0 Å². The normalized spacial score (nSPS) is 19.9. The van der Waals surface area contributed by atoms with Gasteiger partial charge in [0.05, 0.1) is 18.7 Å². The first kappa shape index (κ1) is 16.7. The summed E-state index contributed by atoms with van der Waals surface area (Å²) in [5, 5.41) is 5.24. The summed E-state index contributed by atoms with van der Waals surface area (Å²) in [4.78, 5) is 13.3. The first-order chi connectivity index (χ1) is 10.4. The molecule has 0 unspecified atom stereocenters. The van der Waals surface area contributed by atoms with Gasteiger partial charge in [0.1, 0.15) is 5.76 Å². The summed E-state index contributed by atoms with van der Waals surface area (Å²) in [6.45, 7) is 1.66. The SMILES string of the molecule is O=C(NCCN1CCC[C@H](C(F)(F)F)C1)NCc1ccco1. The van der Waals surface area contributed by atoms with Crippen molar-refractivity contribution in [1.82, 2.24) is 15.5 Å². The molecule has 1 saturated heterocycles. The Labute approximate surface area is 126 Å². The summed E-state index contributed by atoms with van der Waals surface area (Å²) >= 11 is 0. The highest BCUT2D eigenvalue weighted by Gasteiger charge is 2.41. The molecule has 1 aromatic heterocycles. The van der Waals surface area contributed by atoms with E-state index in [0.29, 0.717) is 31.8 Å². The van der Waals surface area contributed by atoms with Crippen LogP contribution in [-0.4, -0.2) is 43.3 Å². The second kappa shape index (κ2) is 7.53. The first-order valence-corrected chi connectivity index (χ1v) is 7.28. The lowest BCUT2D eigenvalue weighted by atomic mass is 9.97. The van der Waals surface area contributed by atoms with Crippen molar-refractivity contribution in [3.8, 4) is 0 Å². The molecule has 1 aliphatic rings. The number of halogens is 3. The van der Waals surface area contributed by atoms with Gasteiger partial charge in [-0.15, -0.1) is 0 Å². The standard InChI is InChI=1S/C14H20F3N3O2/c15-14(16,17)11-3-1-6-20(10-11)7-5-18-13(21)19-9-12-4-2-8-22-12/h2,4,8,11H,1,3,5-7,9-10H2,(H2,18,19,21)/t11-/m0/s1. The van der Waals surface area contributed by atoms with Gasteiger partial charge in [-0.25, -0.2) is 4.79 Å². The molecule has 1 fully saturated rings. The number of rotatable bonds is 5. The quantitative estimate of drug-likeness (QED) is 0.876. The average Bonchev–Trinajstić information content (AvgIpc) is 2.98. The maximum absolute atomic E-state index is 12.7. The Morgan fingerprint density at radius 2 is 2.23 bits per heavy atom. The molecular weight excluding hydrogens is 299 g/mol. The van der Waals surface area contributed by atoms with Crippen LogP contribution in [-0.2, 0) is 6.54 Å². The summed E-state index contributed by atoms with van der Waals surface area (Å²) < 4.78 is 43.1. The van der Waals surface area contributed by atoms with E-state index in [4.69, 9.17) is 4.42 Å². The molecule has 0 aliphatic carbocycles. The van der Waals surface area contributed by atoms with Crippen LogP contribution >= 0.6 is 0 Å².